The Morgan fingerprint density at radius 1 is 1.62 bits per heavy atom. The lowest BCUT2D eigenvalue weighted by molar-refractivity contribution is -0.136. The number of nitriles is 1. The number of carboxylic acids is 1. The molecular weight excluding hydrogens is 225 g/mol. The lowest BCUT2D eigenvalue weighted by Crippen LogP contribution is -2.08. The second-order valence-electron chi connectivity index (χ2n) is 2.84. The molecule has 1 rings (SSSR count). The maximum absolute atomic E-state index is 13.4. The molecule has 0 aromatic carbocycles. The minimum Gasteiger partial charge on any atom is -0.481 e. The number of halogens is 3. The molecule has 0 radical (unpaired) electrons. The zero-order chi connectivity index (χ0) is 12.3. The highest BCUT2D eigenvalue weighted by Gasteiger charge is 2.21. The highest BCUT2D eigenvalue weighted by Crippen LogP contribution is 2.24. The average Bonchev–Trinajstić information content (AvgIpc) is 2.19. The highest BCUT2D eigenvalue weighted by molar-refractivity contribution is 5.70. The van der Waals surface area contributed by atoms with E-state index < -0.39 is 41.5 Å². The number of nitrogens with zero attached hydrogens (tertiary/aromatic N) is 2. The van der Waals surface area contributed by atoms with Crippen LogP contribution < -0.4 is 0 Å². The van der Waals surface area contributed by atoms with E-state index >= 15 is 0 Å². The van der Waals surface area contributed by atoms with E-state index in [1.165, 1.54) is 6.07 Å². The van der Waals surface area contributed by atoms with Crippen molar-refractivity contribution in [2.45, 2.75) is 12.8 Å². The summed E-state index contributed by atoms with van der Waals surface area (Å²) in [6.07, 6.45) is -3.09. The molecule has 0 saturated carbocycles. The van der Waals surface area contributed by atoms with Gasteiger partial charge in [0.15, 0.2) is 0 Å². The molecule has 0 saturated heterocycles. The van der Waals surface area contributed by atoms with E-state index in [4.69, 9.17) is 10.4 Å². The van der Waals surface area contributed by atoms with Crippen LogP contribution in [0.25, 0.3) is 0 Å². The smallest absolute Gasteiger partial charge is 0.307 e. The normalized spacial score (nSPS) is 10.2. The van der Waals surface area contributed by atoms with Crippen LogP contribution in [0.2, 0.25) is 0 Å². The zero-order valence-electron chi connectivity index (χ0n) is 7.75. The molecule has 0 aliphatic rings. The molecule has 0 spiro atoms. The van der Waals surface area contributed by atoms with Crippen LogP contribution in [-0.2, 0) is 11.2 Å². The number of rotatable bonds is 3. The van der Waals surface area contributed by atoms with Crippen molar-refractivity contribution in [1.29, 1.82) is 5.26 Å². The van der Waals surface area contributed by atoms with E-state index in [1.807, 2.05) is 0 Å². The van der Waals surface area contributed by atoms with E-state index in [9.17, 15) is 18.0 Å². The van der Waals surface area contributed by atoms with Gasteiger partial charge in [-0.25, -0.2) is 13.2 Å². The molecule has 1 heterocycles. The van der Waals surface area contributed by atoms with Gasteiger partial charge in [-0.05, 0) is 0 Å². The fourth-order valence-corrected chi connectivity index (χ4v) is 1.10. The van der Waals surface area contributed by atoms with Crippen LogP contribution in [0.5, 0.6) is 0 Å². The highest BCUT2D eigenvalue weighted by atomic mass is 19.3. The number of hydrogen-bond acceptors (Lipinski definition) is 3. The van der Waals surface area contributed by atoms with Crippen molar-refractivity contribution in [3.05, 3.63) is 28.8 Å². The van der Waals surface area contributed by atoms with Crippen LogP contribution in [0.1, 0.15) is 23.2 Å². The van der Waals surface area contributed by atoms with E-state index in [0.29, 0.717) is 6.20 Å². The zero-order valence-corrected chi connectivity index (χ0v) is 7.75. The van der Waals surface area contributed by atoms with Crippen molar-refractivity contribution in [2.75, 3.05) is 0 Å². The molecule has 1 N–H and O–H groups in total. The van der Waals surface area contributed by atoms with Gasteiger partial charge in [0.1, 0.15) is 23.1 Å². The molecule has 1 aromatic heterocycles. The van der Waals surface area contributed by atoms with Crippen molar-refractivity contribution in [2.24, 2.45) is 0 Å². The molecule has 0 aliphatic carbocycles. The van der Waals surface area contributed by atoms with Gasteiger partial charge in [-0.2, -0.15) is 5.26 Å². The summed E-state index contributed by atoms with van der Waals surface area (Å²) in [5.74, 6) is -2.59. The van der Waals surface area contributed by atoms with E-state index in [2.05, 4.69) is 4.98 Å². The van der Waals surface area contributed by atoms with Gasteiger partial charge in [0.05, 0.1) is 6.42 Å². The summed E-state index contributed by atoms with van der Waals surface area (Å²) in [5.41, 5.74) is -2.28. The Morgan fingerprint density at radius 3 is 2.69 bits per heavy atom. The van der Waals surface area contributed by atoms with Gasteiger partial charge in [0, 0.05) is 11.8 Å². The van der Waals surface area contributed by atoms with Crippen molar-refractivity contribution in [3.63, 3.8) is 0 Å². The molecule has 7 heteroatoms. The van der Waals surface area contributed by atoms with Crippen molar-refractivity contribution < 1.29 is 23.1 Å². The molecule has 0 unspecified atom stereocenters. The SMILES string of the molecule is N#Cc1c(C(F)F)ncc(CC(=O)O)c1F. The third-order valence-corrected chi connectivity index (χ3v) is 1.78. The predicted molar refractivity (Wildman–Crippen MR) is 45.2 cm³/mol. The van der Waals surface area contributed by atoms with Crippen molar-refractivity contribution in [1.82, 2.24) is 4.98 Å². The van der Waals surface area contributed by atoms with Crippen molar-refractivity contribution >= 4 is 5.97 Å². The quantitative estimate of drug-likeness (QED) is 0.856. The number of aliphatic carboxylic acids is 1. The first-order chi connectivity index (χ1) is 7.47. The summed E-state index contributed by atoms with van der Waals surface area (Å²) < 4.78 is 38.0. The van der Waals surface area contributed by atoms with Crippen LogP contribution >= 0.6 is 0 Å². The number of hydrogen-bond donors (Lipinski definition) is 1. The largest absolute Gasteiger partial charge is 0.481 e. The molecule has 0 bridgehead atoms. The maximum Gasteiger partial charge on any atom is 0.307 e. The number of aromatic nitrogens is 1. The fraction of sp³-hybridized carbons (Fsp3) is 0.222. The number of alkyl halides is 2. The molecule has 0 amide bonds. The van der Waals surface area contributed by atoms with Crippen LogP contribution in [0.3, 0.4) is 0 Å². The average molecular weight is 230 g/mol. The van der Waals surface area contributed by atoms with Gasteiger partial charge in [0.2, 0.25) is 0 Å². The monoisotopic (exact) mass is 230 g/mol. The van der Waals surface area contributed by atoms with Crippen LogP contribution in [0, 0.1) is 17.1 Å². The van der Waals surface area contributed by atoms with E-state index in [-0.39, 0.29) is 0 Å². The fourth-order valence-electron chi connectivity index (χ4n) is 1.10. The third kappa shape index (κ3) is 2.28. The van der Waals surface area contributed by atoms with Gasteiger partial charge in [-0.1, -0.05) is 0 Å². The Hall–Kier alpha value is -2.10. The van der Waals surface area contributed by atoms with Gasteiger partial charge in [-0.3, -0.25) is 9.78 Å². The lowest BCUT2D eigenvalue weighted by Gasteiger charge is -2.05. The van der Waals surface area contributed by atoms with Gasteiger partial charge < -0.3 is 5.11 Å². The molecule has 4 nitrogen and oxygen atoms in total. The molecular formula is C9H5F3N2O2. The van der Waals surface area contributed by atoms with Crippen molar-refractivity contribution in [3.8, 4) is 6.07 Å². The Labute approximate surface area is 88.0 Å². The first kappa shape index (κ1) is 12.0. The second kappa shape index (κ2) is 4.61. The standard InChI is InChI=1S/C9H5F3N2O2/c10-7-4(1-6(15)16)3-14-8(9(11)12)5(7)2-13/h3,9H,1H2,(H,15,16). The minimum atomic E-state index is -3.08. The van der Waals surface area contributed by atoms with E-state index in [0.717, 1.165) is 0 Å². The van der Waals surface area contributed by atoms with Crippen LogP contribution in [0.15, 0.2) is 6.20 Å². The number of pyridine rings is 1. The second-order valence-corrected chi connectivity index (χ2v) is 2.84. The number of carbonyl (C=O) groups is 1. The molecule has 84 valence electrons. The van der Waals surface area contributed by atoms with E-state index in [1.54, 1.807) is 0 Å². The topological polar surface area (TPSA) is 74.0 Å². The first-order valence-electron chi connectivity index (χ1n) is 4.04. The van der Waals surface area contributed by atoms with Crippen LogP contribution in [0.4, 0.5) is 13.2 Å². The molecule has 0 aliphatic heterocycles. The Bertz CT molecular complexity index is 469. The summed E-state index contributed by atoms with van der Waals surface area (Å²) in [7, 11) is 0. The Balaban J connectivity index is 3.30. The number of carboxylic acid groups (broad SMARTS) is 1. The van der Waals surface area contributed by atoms with Gasteiger partial charge >= 0.3 is 5.97 Å². The summed E-state index contributed by atoms with van der Waals surface area (Å²) in [5, 5.41) is 16.9. The molecule has 16 heavy (non-hydrogen) atoms. The minimum absolute atomic E-state index is 0.395. The molecule has 1 aromatic rings. The predicted octanol–water partition coefficient (Wildman–Crippen LogP) is 1.66. The van der Waals surface area contributed by atoms with Crippen LogP contribution in [-0.4, -0.2) is 16.1 Å². The summed E-state index contributed by atoms with van der Waals surface area (Å²) in [4.78, 5) is 13.5. The summed E-state index contributed by atoms with van der Waals surface area (Å²) in [6.45, 7) is 0. The van der Waals surface area contributed by atoms with Gasteiger partial charge in [-0.15, -0.1) is 0 Å². The maximum atomic E-state index is 13.4. The first-order valence-corrected chi connectivity index (χ1v) is 4.04. The lowest BCUT2D eigenvalue weighted by atomic mass is 10.1. The Morgan fingerprint density at radius 2 is 2.25 bits per heavy atom. The summed E-state index contributed by atoms with van der Waals surface area (Å²) in [6, 6.07) is 1.25. The summed E-state index contributed by atoms with van der Waals surface area (Å²) >= 11 is 0. The van der Waals surface area contributed by atoms with Gasteiger partial charge in [0.25, 0.3) is 6.43 Å². The third-order valence-electron chi connectivity index (χ3n) is 1.78. The molecule has 0 atom stereocenters. The molecule has 0 fully saturated rings. The Kier molecular flexibility index (Phi) is 3.45.